The fraction of sp³-hybridized carbons (Fsp3) is 0.412. The number of hydrogen-bond acceptors (Lipinski definition) is 5. The third-order valence-electron chi connectivity index (χ3n) is 3.92. The zero-order valence-corrected chi connectivity index (χ0v) is 14.1. The predicted octanol–water partition coefficient (Wildman–Crippen LogP) is 3.12. The molecule has 128 valence electrons. The van der Waals surface area contributed by atoms with Gasteiger partial charge in [-0.05, 0) is 49.4 Å². The summed E-state index contributed by atoms with van der Waals surface area (Å²) in [7, 11) is 0. The summed E-state index contributed by atoms with van der Waals surface area (Å²) in [6.45, 7) is 2.88. The van der Waals surface area contributed by atoms with Gasteiger partial charge in [0.15, 0.2) is 0 Å². The van der Waals surface area contributed by atoms with E-state index in [1.807, 2.05) is 0 Å². The second-order valence-corrected chi connectivity index (χ2v) is 6.85. The summed E-state index contributed by atoms with van der Waals surface area (Å²) in [5.41, 5.74) is 0.620. The number of thiophene rings is 1. The molecule has 1 aliphatic rings. The first-order chi connectivity index (χ1) is 11.5. The fourth-order valence-corrected chi connectivity index (χ4v) is 3.46. The maximum absolute atomic E-state index is 12.2. The van der Waals surface area contributed by atoms with Crippen LogP contribution in [-0.4, -0.2) is 42.4 Å². The molecule has 6 nitrogen and oxygen atoms in total. The number of ether oxygens (including phenoxy) is 2. The lowest BCUT2D eigenvalue weighted by Gasteiger charge is -2.16. The lowest BCUT2D eigenvalue weighted by molar-refractivity contribution is -0.128. The molecule has 1 aromatic carbocycles. The molecule has 0 saturated carbocycles. The minimum Gasteiger partial charge on any atom is -0.477 e. The van der Waals surface area contributed by atoms with E-state index in [4.69, 9.17) is 14.6 Å². The molecule has 2 heterocycles. The Morgan fingerprint density at radius 2 is 2.29 bits per heavy atom. The van der Waals surface area contributed by atoms with Crippen LogP contribution >= 0.6 is 11.3 Å². The van der Waals surface area contributed by atoms with E-state index in [-0.39, 0.29) is 16.9 Å². The number of rotatable bonds is 6. The van der Waals surface area contributed by atoms with Crippen LogP contribution in [0.15, 0.2) is 24.3 Å². The summed E-state index contributed by atoms with van der Waals surface area (Å²) < 4.78 is 11.9. The Balaban J connectivity index is 1.60. The van der Waals surface area contributed by atoms with E-state index >= 15 is 0 Å². The van der Waals surface area contributed by atoms with Crippen molar-refractivity contribution in [2.45, 2.75) is 32.0 Å². The molecular formula is C17H19NO5S. The van der Waals surface area contributed by atoms with Crippen molar-refractivity contribution in [1.82, 2.24) is 0 Å². The van der Waals surface area contributed by atoms with Gasteiger partial charge in [0.1, 0.15) is 11.0 Å². The summed E-state index contributed by atoms with van der Waals surface area (Å²) in [6, 6.07) is 6.94. The van der Waals surface area contributed by atoms with E-state index in [9.17, 15) is 9.59 Å². The summed E-state index contributed by atoms with van der Waals surface area (Å²) >= 11 is 1.21. The first-order valence-electron chi connectivity index (χ1n) is 7.84. The highest BCUT2D eigenvalue weighted by Gasteiger charge is 2.20. The molecule has 0 spiro atoms. The number of carbonyl (C=O) groups is 2. The largest absolute Gasteiger partial charge is 0.477 e. The first kappa shape index (κ1) is 16.9. The Morgan fingerprint density at radius 3 is 3.00 bits per heavy atom. The molecular weight excluding hydrogens is 330 g/mol. The van der Waals surface area contributed by atoms with Crippen LogP contribution in [-0.2, 0) is 14.3 Å². The van der Waals surface area contributed by atoms with Crippen molar-refractivity contribution in [1.29, 1.82) is 0 Å². The molecule has 2 N–H and O–H groups in total. The Bertz CT molecular complexity index is 751. The average molecular weight is 349 g/mol. The molecule has 1 aliphatic heterocycles. The molecule has 1 saturated heterocycles. The van der Waals surface area contributed by atoms with Crippen molar-refractivity contribution < 1.29 is 24.2 Å². The number of carbonyl (C=O) groups excluding carboxylic acids is 1. The number of fused-ring (bicyclic) bond motifs is 1. The van der Waals surface area contributed by atoms with Crippen LogP contribution in [0.4, 0.5) is 5.69 Å². The maximum atomic E-state index is 12.2. The monoisotopic (exact) mass is 349 g/mol. The quantitative estimate of drug-likeness (QED) is 0.837. The van der Waals surface area contributed by atoms with E-state index in [0.717, 1.165) is 29.5 Å². The van der Waals surface area contributed by atoms with Gasteiger partial charge in [0.2, 0.25) is 0 Å². The molecule has 1 amide bonds. The van der Waals surface area contributed by atoms with Gasteiger partial charge < -0.3 is 19.9 Å². The van der Waals surface area contributed by atoms with Gasteiger partial charge in [0.05, 0.1) is 12.7 Å². The third-order valence-corrected chi connectivity index (χ3v) is 5.02. The number of nitrogens with one attached hydrogen (secondary N) is 1. The second kappa shape index (κ2) is 7.29. The van der Waals surface area contributed by atoms with E-state index < -0.39 is 12.1 Å². The number of anilines is 1. The number of aromatic carboxylic acids is 1. The molecule has 0 radical (unpaired) electrons. The van der Waals surface area contributed by atoms with Crippen LogP contribution in [0.25, 0.3) is 10.1 Å². The molecule has 3 rings (SSSR count). The van der Waals surface area contributed by atoms with Crippen molar-refractivity contribution in [3.05, 3.63) is 29.1 Å². The predicted molar refractivity (Wildman–Crippen MR) is 91.8 cm³/mol. The van der Waals surface area contributed by atoms with E-state index in [0.29, 0.717) is 12.3 Å². The number of carboxylic acids is 1. The molecule has 2 atom stereocenters. The Hall–Kier alpha value is -1.96. The minimum atomic E-state index is -0.946. The molecule has 7 heteroatoms. The summed E-state index contributed by atoms with van der Waals surface area (Å²) in [5.74, 6) is -1.18. The summed E-state index contributed by atoms with van der Waals surface area (Å²) in [6.07, 6.45) is 1.50. The minimum absolute atomic E-state index is 0.0804. The Kier molecular flexibility index (Phi) is 5.13. The first-order valence-corrected chi connectivity index (χ1v) is 8.65. The average Bonchev–Trinajstić information content (AvgIpc) is 3.21. The van der Waals surface area contributed by atoms with Gasteiger partial charge in [-0.3, -0.25) is 4.79 Å². The highest BCUT2D eigenvalue weighted by Crippen LogP contribution is 2.28. The van der Waals surface area contributed by atoms with Crippen LogP contribution in [0.5, 0.6) is 0 Å². The van der Waals surface area contributed by atoms with Gasteiger partial charge in [-0.15, -0.1) is 11.3 Å². The Labute approximate surface area is 143 Å². The third kappa shape index (κ3) is 3.92. The normalized spacial score (nSPS) is 18.6. The van der Waals surface area contributed by atoms with Crippen LogP contribution in [0, 0.1) is 0 Å². The van der Waals surface area contributed by atoms with Crippen LogP contribution in [0.2, 0.25) is 0 Å². The second-order valence-electron chi connectivity index (χ2n) is 5.77. The van der Waals surface area contributed by atoms with Gasteiger partial charge >= 0.3 is 5.97 Å². The van der Waals surface area contributed by atoms with E-state index in [2.05, 4.69) is 5.32 Å². The standard InChI is InChI=1S/C17H19NO5S/c1-10(23-9-13-3-2-6-22-13)16(19)18-12-4-5-14-11(7-12)8-15(24-14)17(20)21/h4-5,7-8,10,13H,2-3,6,9H2,1H3,(H,18,19)(H,20,21). The van der Waals surface area contributed by atoms with Crippen LogP contribution in [0.3, 0.4) is 0 Å². The van der Waals surface area contributed by atoms with Gasteiger partial charge in [-0.25, -0.2) is 4.79 Å². The van der Waals surface area contributed by atoms with Crippen molar-refractivity contribution in [2.24, 2.45) is 0 Å². The van der Waals surface area contributed by atoms with Gasteiger partial charge in [-0.2, -0.15) is 0 Å². The van der Waals surface area contributed by atoms with Gasteiger partial charge in [0, 0.05) is 17.0 Å². The number of carboxylic acid groups (broad SMARTS) is 1. The van der Waals surface area contributed by atoms with Crippen LogP contribution in [0.1, 0.15) is 29.4 Å². The van der Waals surface area contributed by atoms with E-state index in [1.165, 1.54) is 11.3 Å². The SMILES string of the molecule is CC(OCC1CCCO1)C(=O)Nc1ccc2sc(C(=O)O)cc2c1. The fourth-order valence-electron chi connectivity index (χ4n) is 2.57. The molecule has 1 aromatic heterocycles. The number of hydrogen-bond donors (Lipinski definition) is 2. The molecule has 2 unspecified atom stereocenters. The van der Waals surface area contributed by atoms with Gasteiger partial charge in [-0.1, -0.05) is 0 Å². The van der Waals surface area contributed by atoms with Crippen LogP contribution < -0.4 is 5.32 Å². The molecule has 24 heavy (non-hydrogen) atoms. The molecule has 2 aromatic rings. The smallest absolute Gasteiger partial charge is 0.345 e. The zero-order chi connectivity index (χ0) is 17.1. The van der Waals surface area contributed by atoms with E-state index in [1.54, 1.807) is 31.2 Å². The lowest BCUT2D eigenvalue weighted by atomic mass is 10.2. The number of amides is 1. The summed E-state index contributed by atoms with van der Waals surface area (Å²) in [4.78, 5) is 23.5. The number of benzene rings is 1. The zero-order valence-electron chi connectivity index (χ0n) is 13.3. The Morgan fingerprint density at radius 1 is 1.46 bits per heavy atom. The van der Waals surface area contributed by atoms with Crippen molar-refractivity contribution in [3.8, 4) is 0 Å². The lowest BCUT2D eigenvalue weighted by Crippen LogP contribution is -2.30. The summed E-state index contributed by atoms with van der Waals surface area (Å²) in [5, 5.41) is 12.6. The maximum Gasteiger partial charge on any atom is 0.345 e. The van der Waals surface area contributed by atoms with Crippen molar-refractivity contribution >= 4 is 39.0 Å². The van der Waals surface area contributed by atoms with Gasteiger partial charge in [0.25, 0.3) is 5.91 Å². The molecule has 0 bridgehead atoms. The highest BCUT2D eigenvalue weighted by atomic mass is 32.1. The molecule has 0 aliphatic carbocycles. The van der Waals surface area contributed by atoms with Crippen molar-refractivity contribution in [2.75, 3.05) is 18.5 Å². The van der Waals surface area contributed by atoms with Crippen molar-refractivity contribution in [3.63, 3.8) is 0 Å². The molecule has 1 fully saturated rings. The highest BCUT2D eigenvalue weighted by molar-refractivity contribution is 7.20. The topological polar surface area (TPSA) is 84.9 Å².